The average Bonchev–Trinajstić information content (AvgIpc) is 3.37. The molecule has 416 valence electrons. The summed E-state index contributed by atoms with van der Waals surface area (Å²) in [7, 11) is 0. The van der Waals surface area contributed by atoms with Gasteiger partial charge in [-0.2, -0.15) is 0 Å². The zero-order valence-corrected chi connectivity index (χ0v) is 45.5. The number of carbonyl (C=O) groups excluding carboxylic acids is 1. The lowest BCUT2D eigenvalue weighted by Gasteiger charge is -2.40. The van der Waals surface area contributed by atoms with Crippen LogP contribution in [0, 0.1) is 0 Å². The van der Waals surface area contributed by atoms with Gasteiger partial charge >= 0.3 is 0 Å². The van der Waals surface area contributed by atoms with E-state index in [1.807, 2.05) is 0 Å². The Hall–Kier alpha value is -1.93. The predicted molar refractivity (Wildman–Crippen MR) is 293 cm³/mol. The van der Waals surface area contributed by atoms with E-state index in [1.165, 1.54) is 154 Å². The Morgan fingerprint density at radius 3 is 1.25 bits per heavy atom. The molecule has 1 rings (SSSR count). The van der Waals surface area contributed by atoms with Crippen molar-refractivity contribution in [2.24, 2.45) is 0 Å². The van der Waals surface area contributed by atoms with Crippen molar-refractivity contribution < 1.29 is 50.0 Å². The number of aliphatic hydroxyl groups excluding tert-OH is 7. The van der Waals surface area contributed by atoms with E-state index in [-0.39, 0.29) is 12.8 Å². The van der Waals surface area contributed by atoms with Gasteiger partial charge in [0.1, 0.15) is 36.6 Å². The molecule has 1 aliphatic rings. The van der Waals surface area contributed by atoms with E-state index >= 15 is 0 Å². The van der Waals surface area contributed by atoms with Gasteiger partial charge in [-0.3, -0.25) is 4.79 Å². The summed E-state index contributed by atoms with van der Waals surface area (Å²) in [5.41, 5.74) is 0. The summed E-state index contributed by atoms with van der Waals surface area (Å²) >= 11 is 0. The minimum Gasteiger partial charge on any atom is -0.394 e. The number of hydrogen-bond acceptors (Lipinski definition) is 10. The number of ether oxygens (including phenoxy) is 2. The van der Waals surface area contributed by atoms with Crippen molar-refractivity contribution >= 4 is 5.91 Å². The molecule has 11 heteroatoms. The molecule has 1 heterocycles. The third kappa shape index (κ3) is 37.5. The molecule has 71 heavy (non-hydrogen) atoms. The topological polar surface area (TPSA) is 189 Å². The Morgan fingerprint density at radius 1 is 0.479 bits per heavy atom. The zero-order valence-electron chi connectivity index (χ0n) is 45.5. The summed E-state index contributed by atoms with van der Waals surface area (Å²) in [6.45, 7) is 3.44. The fraction of sp³-hybridized carbons (Fsp3) is 0.850. The van der Waals surface area contributed by atoms with Crippen LogP contribution in [-0.4, -0.2) is 110 Å². The van der Waals surface area contributed by atoms with E-state index in [1.54, 1.807) is 0 Å². The normalized spacial score (nSPS) is 20.5. The van der Waals surface area contributed by atoms with Crippen LogP contribution in [-0.2, 0) is 14.3 Å². The third-order valence-corrected chi connectivity index (χ3v) is 14.1. The molecule has 1 saturated heterocycles. The maximum Gasteiger partial charge on any atom is 0.249 e. The number of aliphatic hydroxyl groups is 7. The Morgan fingerprint density at radius 2 is 0.845 bits per heavy atom. The van der Waals surface area contributed by atoms with Gasteiger partial charge in [-0.05, 0) is 89.9 Å². The monoisotopic (exact) mass is 1010 g/mol. The maximum atomic E-state index is 13.2. The lowest BCUT2D eigenvalue weighted by Crippen LogP contribution is -2.60. The minimum absolute atomic E-state index is 0.234. The van der Waals surface area contributed by atoms with Gasteiger partial charge in [0.25, 0.3) is 0 Å². The first kappa shape index (κ1) is 67.1. The first-order chi connectivity index (χ1) is 34.7. The van der Waals surface area contributed by atoms with Crippen molar-refractivity contribution in [3.05, 3.63) is 48.6 Å². The first-order valence-corrected chi connectivity index (χ1v) is 29.5. The van der Waals surface area contributed by atoms with Gasteiger partial charge in [0.15, 0.2) is 6.29 Å². The number of carbonyl (C=O) groups is 1. The van der Waals surface area contributed by atoms with E-state index in [2.05, 4.69) is 67.8 Å². The summed E-state index contributed by atoms with van der Waals surface area (Å²) in [5, 5.41) is 76.1. The molecule has 9 atom stereocenters. The van der Waals surface area contributed by atoms with Crippen LogP contribution in [0.25, 0.3) is 0 Å². The van der Waals surface area contributed by atoms with Gasteiger partial charge in [0.2, 0.25) is 5.91 Å². The highest BCUT2D eigenvalue weighted by Crippen LogP contribution is 2.23. The van der Waals surface area contributed by atoms with Crippen LogP contribution < -0.4 is 5.32 Å². The molecular weight excluding hydrogens is 895 g/mol. The molecule has 1 amide bonds. The summed E-state index contributed by atoms with van der Waals surface area (Å²) in [5.74, 6) is -0.720. The van der Waals surface area contributed by atoms with E-state index in [0.717, 1.165) is 57.8 Å². The van der Waals surface area contributed by atoms with Crippen LogP contribution in [0.3, 0.4) is 0 Å². The predicted octanol–water partition coefficient (Wildman–Crippen LogP) is 12.5. The quantitative estimate of drug-likeness (QED) is 0.0215. The van der Waals surface area contributed by atoms with Gasteiger partial charge in [-0.1, -0.05) is 217 Å². The highest BCUT2D eigenvalue weighted by atomic mass is 16.7. The molecule has 0 radical (unpaired) electrons. The van der Waals surface area contributed by atoms with Crippen molar-refractivity contribution in [2.45, 2.75) is 313 Å². The van der Waals surface area contributed by atoms with Gasteiger partial charge in [0.05, 0.1) is 25.4 Å². The van der Waals surface area contributed by atoms with Crippen molar-refractivity contribution in [2.75, 3.05) is 13.2 Å². The number of unbranched alkanes of at least 4 members (excludes halogenated alkanes) is 30. The van der Waals surface area contributed by atoms with E-state index < -0.39 is 74.2 Å². The molecule has 9 unspecified atom stereocenters. The average molecular weight is 1010 g/mol. The first-order valence-electron chi connectivity index (χ1n) is 29.5. The van der Waals surface area contributed by atoms with Gasteiger partial charge in [0, 0.05) is 0 Å². The second-order valence-corrected chi connectivity index (χ2v) is 20.7. The third-order valence-electron chi connectivity index (χ3n) is 14.1. The fourth-order valence-corrected chi connectivity index (χ4v) is 9.23. The van der Waals surface area contributed by atoms with E-state index in [0.29, 0.717) is 19.3 Å². The Balaban J connectivity index is 2.35. The summed E-state index contributed by atoms with van der Waals surface area (Å²) < 4.78 is 11.1. The van der Waals surface area contributed by atoms with Crippen LogP contribution in [0.4, 0.5) is 0 Å². The van der Waals surface area contributed by atoms with Crippen molar-refractivity contribution in [3.63, 3.8) is 0 Å². The number of rotatable bonds is 50. The molecule has 1 fully saturated rings. The van der Waals surface area contributed by atoms with Gasteiger partial charge < -0.3 is 50.5 Å². The second-order valence-electron chi connectivity index (χ2n) is 20.7. The molecule has 1 aliphatic heterocycles. The van der Waals surface area contributed by atoms with Crippen molar-refractivity contribution in [1.82, 2.24) is 5.32 Å². The molecule has 8 N–H and O–H groups in total. The largest absolute Gasteiger partial charge is 0.394 e. The van der Waals surface area contributed by atoms with E-state index in [9.17, 15) is 40.5 Å². The van der Waals surface area contributed by atoms with Gasteiger partial charge in [-0.25, -0.2) is 0 Å². The Bertz CT molecular complexity index is 1290. The van der Waals surface area contributed by atoms with Crippen LogP contribution in [0.2, 0.25) is 0 Å². The molecular formula is C60H111NO10. The second kappa shape index (κ2) is 49.0. The molecule has 11 nitrogen and oxygen atoms in total. The lowest BCUT2D eigenvalue weighted by atomic mass is 9.98. The lowest BCUT2D eigenvalue weighted by molar-refractivity contribution is -0.303. The van der Waals surface area contributed by atoms with Crippen LogP contribution in [0.1, 0.15) is 258 Å². The van der Waals surface area contributed by atoms with Crippen LogP contribution in [0.15, 0.2) is 48.6 Å². The van der Waals surface area contributed by atoms with Gasteiger partial charge in [-0.15, -0.1) is 0 Å². The van der Waals surface area contributed by atoms with E-state index in [4.69, 9.17) is 9.47 Å². The summed E-state index contributed by atoms with van der Waals surface area (Å²) in [6.07, 6.45) is 50.3. The molecule has 0 bridgehead atoms. The number of amides is 1. The molecule has 0 saturated carbocycles. The van der Waals surface area contributed by atoms with Crippen LogP contribution >= 0.6 is 0 Å². The molecule has 0 aromatic carbocycles. The number of allylic oxidation sites excluding steroid dienone is 8. The van der Waals surface area contributed by atoms with Crippen molar-refractivity contribution in [3.8, 4) is 0 Å². The maximum absolute atomic E-state index is 13.2. The van der Waals surface area contributed by atoms with Crippen LogP contribution in [0.5, 0.6) is 0 Å². The molecule has 0 aromatic heterocycles. The highest BCUT2D eigenvalue weighted by molar-refractivity contribution is 5.80. The SMILES string of the molecule is CCCCCCCCCCC/C=C\CCCCCCC(O)C(=O)NC(COC1OC(CO)C(O)C(O)C1O)C(O)C(O)CCC/C=C/CC/C=C/CC/C=C/CCCCCCCCCCCCCCCC. The Labute approximate surface area is 434 Å². The number of hydrogen-bond donors (Lipinski definition) is 8. The summed E-state index contributed by atoms with van der Waals surface area (Å²) in [6, 6.07) is -1.20. The number of nitrogens with one attached hydrogen (secondary N) is 1. The zero-order chi connectivity index (χ0) is 51.8. The molecule has 0 aliphatic carbocycles. The minimum atomic E-state index is -1.68. The standard InChI is InChI=1S/C60H111NO10/c1-3-5-7-9-11-13-15-17-19-21-22-23-24-25-26-27-28-29-30-32-33-35-37-39-41-43-45-47-52(63)55(65)51(50-70-60-58(68)57(67)56(66)54(49-62)71-60)61-59(69)53(64)48-46-44-42-40-38-36-34-31-20-18-16-14-12-10-8-6-4-2/h27-28,32-34,36,39,41,51-58,60,62-68H,3-26,29-31,35,37-38,40,42-50H2,1-2H3,(H,61,69)/b28-27+,33-32+,36-34-,41-39+. The molecule has 0 aromatic rings. The van der Waals surface area contributed by atoms with Crippen molar-refractivity contribution in [1.29, 1.82) is 0 Å². The smallest absolute Gasteiger partial charge is 0.249 e. The molecule has 0 spiro atoms. The fourth-order valence-electron chi connectivity index (χ4n) is 9.23. The Kier molecular flexibility index (Phi) is 46.3. The summed E-state index contributed by atoms with van der Waals surface area (Å²) in [4.78, 5) is 13.2. The highest BCUT2D eigenvalue weighted by Gasteiger charge is 2.44.